The predicted octanol–water partition coefficient (Wildman–Crippen LogP) is 1.83. The van der Waals surface area contributed by atoms with Crippen LogP contribution in [0.2, 0.25) is 0 Å². The zero-order valence-corrected chi connectivity index (χ0v) is 11.5. The molecule has 2 N–H and O–H groups in total. The van der Waals surface area contributed by atoms with Crippen molar-refractivity contribution in [2.24, 2.45) is 0 Å². The number of anilines is 1. The van der Waals surface area contributed by atoms with Gasteiger partial charge in [-0.15, -0.1) is 5.10 Å². The van der Waals surface area contributed by atoms with Gasteiger partial charge < -0.3 is 5.73 Å². The first-order valence-electron chi connectivity index (χ1n) is 6.63. The Balaban J connectivity index is 1.90. The number of nitrogens with two attached hydrogens (primary N) is 1. The van der Waals surface area contributed by atoms with Gasteiger partial charge in [0.2, 0.25) is 0 Å². The first kappa shape index (κ1) is 12.4. The molecule has 22 heavy (non-hydrogen) atoms. The van der Waals surface area contributed by atoms with Crippen LogP contribution >= 0.6 is 0 Å². The Hall–Kier alpha value is -3.35. The van der Waals surface area contributed by atoms with Crippen LogP contribution in [0, 0.1) is 0 Å². The van der Waals surface area contributed by atoms with Gasteiger partial charge >= 0.3 is 0 Å². The zero-order chi connectivity index (χ0) is 14.9. The van der Waals surface area contributed by atoms with Gasteiger partial charge in [-0.1, -0.05) is 6.07 Å². The highest BCUT2D eigenvalue weighted by atomic mass is 15.3. The molecule has 4 heterocycles. The maximum Gasteiger partial charge on any atom is 0.166 e. The molecular weight excluding hydrogens is 278 g/mol. The highest BCUT2D eigenvalue weighted by molar-refractivity contribution is 5.84. The molecule has 0 saturated carbocycles. The summed E-state index contributed by atoms with van der Waals surface area (Å²) in [7, 11) is 0. The van der Waals surface area contributed by atoms with E-state index in [0.29, 0.717) is 11.5 Å². The molecule has 0 saturated heterocycles. The summed E-state index contributed by atoms with van der Waals surface area (Å²) in [6.45, 7) is 0. The highest BCUT2D eigenvalue weighted by Gasteiger charge is 2.15. The van der Waals surface area contributed by atoms with Gasteiger partial charge in [0, 0.05) is 42.1 Å². The molecule has 0 amide bonds. The van der Waals surface area contributed by atoms with Gasteiger partial charge in [0.1, 0.15) is 6.33 Å². The molecule has 0 aliphatic heterocycles. The van der Waals surface area contributed by atoms with Crippen molar-refractivity contribution < 1.29 is 0 Å². The summed E-state index contributed by atoms with van der Waals surface area (Å²) in [5.41, 5.74) is 9.91. The average Bonchev–Trinajstić information content (AvgIpc) is 2.91. The van der Waals surface area contributed by atoms with Gasteiger partial charge in [-0.3, -0.25) is 4.98 Å². The number of nitrogen functional groups attached to an aromatic ring is 1. The van der Waals surface area contributed by atoms with E-state index in [1.807, 2.05) is 24.4 Å². The van der Waals surface area contributed by atoms with Crippen molar-refractivity contribution in [2.45, 2.75) is 0 Å². The van der Waals surface area contributed by atoms with Crippen molar-refractivity contribution in [1.82, 2.24) is 29.5 Å². The highest BCUT2D eigenvalue weighted by Crippen LogP contribution is 2.28. The first-order chi connectivity index (χ1) is 10.8. The van der Waals surface area contributed by atoms with Crippen molar-refractivity contribution in [1.29, 1.82) is 0 Å². The second-order valence-corrected chi connectivity index (χ2v) is 4.71. The molecule has 7 nitrogen and oxygen atoms in total. The van der Waals surface area contributed by atoms with Crippen LogP contribution in [0.1, 0.15) is 0 Å². The maximum absolute atomic E-state index is 6.04. The fourth-order valence-corrected chi connectivity index (χ4v) is 2.31. The number of pyridine rings is 1. The van der Waals surface area contributed by atoms with E-state index in [9.17, 15) is 0 Å². The summed E-state index contributed by atoms with van der Waals surface area (Å²) in [6.07, 6.45) is 10.3. The number of rotatable bonds is 2. The van der Waals surface area contributed by atoms with Gasteiger partial charge in [0.25, 0.3) is 0 Å². The van der Waals surface area contributed by atoms with Crippen molar-refractivity contribution in [3.05, 3.63) is 55.5 Å². The fourth-order valence-electron chi connectivity index (χ4n) is 2.31. The van der Waals surface area contributed by atoms with Crippen LogP contribution in [0.4, 0.5) is 5.82 Å². The average molecular weight is 289 g/mol. The quantitative estimate of drug-likeness (QED) is 0.605. The third kappa shape index (κ3) is 1.96. The molecule has 0 bridgehead atoms. The SMILES string of the molecule is Nc1nn2cc(-c3cncnc3)cnc2c1-c1ccccn1. The predicted molar refractivity (Wildman–Crippen MR) is 81.7 cm³/mol. The summed E-state index contributed by atoms with van der Waals surface area (Å²) in [4.78, 5) is 16.8. The minimum Gasteiger partial charge on any atom is -0.382 e. The second-order valence-electron chi connectivity index (χ2n) is 4.71. The van der Waals surface area contributed by atoms with Crippen LogP contribution in [0.5, 0.6) is 0 Å². The molecule has 0 atom stereocenters. The maximum atomic E-state index is 6.04. The van der Waals surface area contributed by atoms with Crippen LogP contribution in [-0.2, 0) is 0 Å². The summed E-state index contributed by atoms with van der Waals surface area (Å²) in [6, 6.07) is 5.64. The Kier molecular flexibility index (Phi) is 2.75. The first-order valence-corrected chi connectivity index (χ1v) is 6.63. The minimum atomic E-state index is 0.396. The Bertz CT molecular complexity index is 932. The molecule has 7 heteroatoms. The summed E-state index contributed by atoms with van der Waals surface area (Å²) in [5, 5.41) is 4.33. The van der Waals surface area contributed by atoms with Crippen molar-refractivity contribution in [2.75, 3.05) is 5.73 Å². The van der Waals surface area contributed by atoms with Crippen LogP contribution in [0.3, 0.4) is 0 Å². The van der Waals surface area contributed by atoms with Gasteiger partial charge in [0.05, 0.1) is 11.3 Å². The van der Waals surface area contributed by atoms with Crippen LogP contribution in [0.15, 0.2) is 55.5 Å². The van der Waals surface area contributed by atoms with E-state index in [1.165, 1.54) is 6.33 Å². The summed E-state index contributed by atoms with van der Waals surface area (Å²) < 4.78 is 1.65. The fraction of sp³-hybridized carbons (Fsp3) is 0. The van der Waals surface area contributed by atoms with Crippen LogP contribution in [0.25, 0.3) is 28.0 Å². The molecule has 4 aromatic heterocycles. The van der Waals surface area contributed by atoms with Crippen molar-refractivity contribution >= 4 is 11.5 Å². The molecule has 0 radical (unpaired) electrons. The summed E-state index contributed by atoms with van der Waals surface area (Å²) in [5.74, 6) is 0.396. The van der Waals surface area contributed by atoms with Crippen LogP contribution < -0.4 is 5.73 Å². The molecule has 4 aromatic rings. The van der Waals surface area contributed by atoms with Gasteiger partial charge in [0.15, 0.2) is 11.5 Å². The molecule has 0 aliphatic rings. The van der Waals surface area contributed by atoms with Crippen LogP contribution in [-0.4, -0.2) is 29.5 Å². The largest absolute Gasteiger partial charge is 0.382 e. The monoisotopic (exact) mass is 289 g/mol. The Labute approximate surface area is 125 Å². The van der Waals surface area contributed by atoms with E-state index < -0.39 is 0 Å². The zero-order valence-electron chi connectivity index (χ0n) is 11.5. The molecule has 0 fully saturated rings. The lowest BCUT2D eigenvalue weighted by molar-refractivity contribution is 0.946. The number of hydrogen-bond donors (Lipinski definition) is 1. The second kappa shape index (κ2) is 4.88. The van der Waals surface area contributed by atoms with E-state index in [1.54, 1.807) is 29.3 Å². The molecule has 106 valence electrons. The van der Waals surface area contributed by atoms with E-state index in [-0.39, 0.29) is 0 Å². The number of hydrogen-bond acceptors (Lipinski definition) is 6. The molecule has 0 spiro atoms. The smallest absolute Gasteiger partial charge is 0.166 e. The minimum absolute atomic E-state index is 0.396. The lowest BCUT2D eigenvalue weighted by Crippen LogP contribution is -1.93. The van der Waals surface area contributed by atoms with Gasteiger partial charge in [-0.2, -0.15) is 0 Å². The molecular formula is C15H11N7. The van der Waals surface area contributed by atoms with E-state index in [0.717, 1.165) is 22.4 Å². The number of fused-ring (bicyclic) bond motifs is 1. The number of nitrogens with zero attached hydrogens (tertiary/aromatic N) is 6. The van der Waals surface area contributed by atoms with Gasteiger partial charge in [-0.25, -0.2) is 19.5 Å². The van der Waals surface area contributed by atoms with Gasteiger partial charge in [-0.05, 0) is 12.1 Å². The summed E-state index contributed by atoms with van der Waals surface area (Å²) >= 11 is 0. The standard InChI is InChI=1S/C15H11N7/c16-14-13(12-3-1-2-4-19-12)15-20-7-11(8-22(15)21-14)10-5-17-9-18-6-10/h1-9H,(H2,16,21). The third-order valence-corrected chi connectivity index (χ3v) is 3.31. The van der Waals surface area contributed by atoms with E-state index in [2.05, 4.69) is 25.0 Å². The Morgan fingerprint density at radius 3 is 2.59 bits per heavy atom. The lowest BCUT2D eigenvalue weighted by atomic mass is 10.2. The molecule has 4 rings (SSSR count). The number of aromatic nitrogens is 6. The Morgan fingerprint density at radius 1 is 0.955 bits per heavy atom. The normalized spacial score (nSPS) is 10.9. The molecule has 0 aromatic carbocycles. The molecule has 0 aliphatic carbocycles. The van der Waals surface area contributed by atoms with E-state index in [4.69, 9.17) is 5.73 Å². The molecule has 0 unspecified atom stereocenters. The topological polar surface area (TPSA) is 94.9 Å². The third-order valence-electron chi connectivity index (χ3n) is 3.31. The lowest BCUT2D eigenvalue weighted by Gasteiger charge is -2.01. The van der Waals surface area contributed by atoms with Crippen molar-refractivity contribution in [3.8, 4) is 22.4 Å². The van der Waals surface area contributed by atoms with Crippen molar-refractivity contribution in [3.63, 3.8) is 0 Å². The Morgan fingerprint density at radius 2 is 1.82 bits per heavy atom. The van der Waals surface area contributed by atoms with E-state index >= 15 is 0 Å².